The highest BCUT2D eigenvalue weighted by Crippen LogP contribution is 2.22. The largest absolute Gasteiger partial charge is 0.490 e. The molecular weight excluding hydrogens is 306 g/mol. The molecule has 130 valence electrons. The lowest BCUT2D eigenvalue weighted by molar-refractivity contribution is 0.0919. The monoisotopic (exact) mass is 331 g/mol. The maximum absolute atomic E-state index is 12.5. The Bertz CT molecular complexity index is 665. The highest BCUT2D eigenvalue weighted by atomic mass is 16.5. The number of aliphatic hydroxyl groups is 1. The Hall–Kier alpha value is -2.34. The second-order valence-corrected chi connectivity index (χ2v) is 6.38. The van der Waals surface area contributed by atoms with Gasteiger partial charge in [-0.2, -0.15) is 5.10 Å². The summed E-state index contributed by atoms with van der Waals surface area (Å²) in [5.74, 6) is 0.179. The van der Waals surface area contributed by atoms with E-state index in [0.717, 1.165) is 5.69 Å². The van der Waals surface area contributed by atoms with Crippen LogP contribution in [0.25, 0.3) is 5.69 Å². The zero-order valence-corrected chi connectivity index (χ0v) is 14.5. The predicted octanol–water partition coefficient (Wildman–Crippen LogP) is 2.41. The molecule has 0 bridgehead atoms. The highest BCUT2D eigenvalue weighted by molar-refractivity contribution is 5.95. The van der Waals surface area contributed by atoms with Crippen LogP contribution in [0.1, 0.15) is 37.7 Å². The number of ether oxygens (including phenoxy) is 1. The first-order chi connectivity index (χ1) is 11.5. The van der Waals surface area contributed by atoms with E-state index in [1.807, 2.05) is 51.1 Å². The molecule has 1 aromatic heterocycles. The number of aromatic nitrogens is 2. The molecule has 2 rings (SSSR count). The summed E-state index contributed by atoms with van der Waals surface area (Å²) in [5.41, 5.74) is 0.941. The molecule has 0 atom stereocenters. The van der Waals surface area contributed by atoms with Crippen LogP contribution < -0.4 is 10.1 Å². The number of amides is 1. The normalized spacial score (nSPS) is 11.3. The van der Waals surface area contributed by atoms with Gasteiger partial charge in [0.05, 0.1) is 18.5 Å². The van der Waals surface area contributed by atoms with Gasteiger partial charge >= 0.3 is 0 Å². The van der Waals surface area contributed by atoms with Crippen molar-refractivity contribution in [1.82, 2.24) is 15.1 Å². The molecular formula is C18H25N3O3. The number of nitrogens with one attached hydrogen (secondary N) is 1. The van der Waals surface area contributed by atoms with Gasteiger partial charge in [0.15, 0.2) is 11.4 Å². The van der Waals surface area contributed by atoms with E-state index in [-0.39, 0.29) is 23.6 Å². The van der Waals surface area contributed by atoms with Crippen molar-refractivity contribution in [2.75, 3.05) is 19.8 Å². The summed E-state index contributed by atoms with van der Waals surface area (Å²) in [6, 6.07) is 9.57. The van der Waals surface area contributed by atoms with Gasteiger partial charge in [-0.15, -0.1) is 0 Å². The van der Waals surface area contributed by atoms with E-state index in [0.29, 0.717) is 25.3 Å². The summed E-state index contributed by atoms with van der Waals surface area (Å²) in [7, 11) is 0. The van der Waals surface area contributed by atoms with Crippen LogP contribution in [0.15, 0.2) is 36.5 Å². The van der Waals surface area contributed by atoms with Crippen molar-refractivity contribution in [2.45, 2.75) is 27.2 Å². The van der Waals surface area contributed by atoms with Gasteiger partial charge in [0.2, 0.25) is 0 Å². The predicted molar refractivity (Wildman–Crippen MR) is 92.6 cm³/mol. The van der Waals surface area contributed by atoms with Crippen molar-refractivity contribution in [1.29, 1.82) is 0 Å². The Balaban J connectivity index is 2.19. The molecule has 0 aliphatic carbocycles. The van der Waals surface area contributed by atoms with E-state index in [2.05, 4.69) is 10.4 Å². The molecule has 1 amide bonds. The third kappa shape index (κ3) is 4.58. The van der Waals surface area contributed by atoms with E-state index in [9.17, 15) is 4.79 Å². The van der Waals surface area contributed by atoms with Gasteiger partial charge in [-0.1, -0.05) is 32.0 Å². The number of rotatable bonds is 8. The number of carbonyl (C=O) groups is 1. The first-order valence-electron chi connectivity index (χ1n) is 8.14. The highest BCUT2D eigenvalue weighted by Gasteiger charge is 2.22. The van der Waals surface area contributed by atoms with E-state index in [4.69, 9.17) is 9.84 Å². The lowest BCUT2D eigenvalue weighted by atomic mass is 9.90. The smallest absolute Gasteiger partial charge is 0.275 e. The molecule has 1 heterocycles. The Morgan fingerprint density at radius 3 is 2.67 bits per heavy atom. The van der Waals surface area contributed by atoms with Crippen molar-refractivity contribution in [3.8, 4) is 11.4 Å². The van der Waals surface area contributed by atoms with Crippen molar-refractivity contribution in [3.05, 3.63) is 42.2 Å². The minimum Gasteiger partial charge on any atom is -0.490 e. The molecule has 2 N–H and O–H groups in total. The summed E-state index contributed by atoms with van der Waals surface area (Å²) in [6.07, 6.45) is 2.33. The van der Waals surface area contributed by atoms with Gasteiger partial charge in [-0.3, -0.25) is 4.79 Å². The third-order valence-corrected chi connectivity index (χ3v) is 3.73. The molecule has 0 aliphatic heterocycles. The fraction of sp³-hybridized carbons (Fsp3) is 0.444. The zero-order chi connectivity index (χ0) is 17.6. The van der Waals surface area contributed by atoms with Crippen molar-refractivity contribution in [3.63, 3.8) is 0 Å². The van der Waals surface area contributed by atoms with Crippen LogP contribution in [0.2, 0.25) is 0 Å². The van der Waals surface area contributed by atoms with Gasteiger partial charge in [-0.05, 0) is 30.9 Å². The first-order valence-corrected chi connectivity index (χ1v) is 8.14. The fourth-order valence-corrected chi connectivity index (χ4v) is 2.28. The minimum absolute atomic E-state index is 0.0930. The molecule has 6 nitrogen and oxygen atoms in total. The minimum atomic E-state index is -0.279. The molecule has 0 unspecified atom stereocenters. The van der Waals surface area contributed by atoms with Gasteiger partial charge in [-0.25, -0.2) is 4.68 Å². The van der Waals surface area contributed by atoms with Crippen LogP contribution >= 0.6 is 0 Å². The third-order valence-electron chi connectivity index (χ3n) is 3.73. The van der Waals surface area contributed by atoms with Crippen molar-refractivity contribution >= 4 is 5.91 Å². The number of carbonyl (C=O) groups excluding carboxylic acids is 1. The Kier molecular flexibility index (Phi) is 5.98. The van der Waals surface area contributed by atoms with E-state index < -0.39 is 0 Å². The number of benzene rings is 1. The molecule has 6 heteroatoms. The average molecular weight is 331 g/mol. The van der Waals surface area contributed by atoms with Crippen LogP contribution in [-0.2, 0) is 0 Å². The lowest BCUT2D eigenvalue weighted by Crippen LogP contribution is -2.35. The number of para-hydroxylation sites is 1. The topological polar surface area (TPSA) is 76.4 Å². The molecule has 0 radical (unpaired) electrons. The number of aliphatic hydroxyl groups excluding tert-OH is 1. The van der Waals surface area contributed by atoms with Crippen molar-refractivity contribution in [2.24, 2.45) is 5.41 Å². The summed E-state index contributed by atoms with van der Waals surface area (Å²) in [5, 5.41) is 16.3. The van der Waals surface area contributed by atoms with Crippen LogP contribution in [0.4, 0.5) is 0 Å². The summed E-state index contributed by atoms with van der Waals surface area (Å²) in [6.45, 7) is 6.86. The molecule has 0 spiro atoms. The van der Waals surface area contributed by atoms with Crippen LogP contribution in [0, 0.1) is 5.41 Å². The van der Waals surface area contributed by atoms with Gasteiger partial charge in [0, 0.05) is 13.2 Å². The molecule has 0 saturated heterocycles. The Morgan fingerprint density at radius 2 is 2.04 bits per heavy atom. The maximum Gasteiger partial charge on any atom is 0.275 e. The SMILES string of the molecule is CCOc1cn(-c2ccccc2)nc1C(=O)NCC(C)(C)CCO. The molecule has 2 aromatic rings. The van der Waals surface area contributed by atoms with Crippen LogP contribution in [0.5, 0.6) is 5.75 Å². The first kappa shape index (κ1) is 18.0. The Labute approximate surface area is 142 Å². The molecule has 0 saturated carbocycles. The second-order valence-electron chi connectivity index (χ2n) is 6.38. The second kappa shape index (κ2) is 7.97. The van der Waals surface area contributed by atoms with E-state index in [1.54, 1.807) is 10.9 Å². The number of hydrogen-bond acceptors (Lipinski definition) is 4. The van der Waals surface area contributed by atoms with Gasteiger partial charge < -0.3 is 15.2 Å². The zero-order valence-electron chi connectivity index (χ0n) is 14.5. The van der Waals surface area contributed by atoms with Crippen LogP contribution in [0.3, 0.4) is 0 Å². The van der Waals surface area contributed by atoms with E-state index in [1.165, 1.54) is 0 Å². The molecule has 0 fully saturated rings. The lowest BCUT2D eigenvalue weighted by Gasteiger charge is -2.23. The summed E-state index contributed by atoms with van der Waals surface area (Å²) < 4.78 is 7.19. The number of nitrogens with zero attached hydrogens (tertiary/aromatic N) is 2. The summed E-state index contributed by atoms with van der Waals surface area (Å²) in [4.78, 5) is 12.5. The van der Waals surface area contributed by atoms with Gasteiger partial charge in [0.25, 0.3) is 5.91 Å². The maximum atomic E-state index is 12.5. The van der Waals surface area contributed by atoms with Crippen molar-refractivity contribution < 1.29 is 14.6 Å². The fourth-order valence-electron chi connectivity index (χ4n) is 2.28. The van der Waals surface area contributed by atoms with Crippen LogP contribution in [-0.4, -0.2) is 40.6 Å². The quantitative estimate of drug-likeness (QED) is 0.779. The number of hydrogen-bond donors (Lipinski definition) is 2. The molecule has 0 aliphatic rings. The Morgan fingerprint density at radius 1 is 1.33 bits per heavy atom. The molecule has 1 aromatic carbocycles. The van der Waals surface area contributed by atoms with Gasteiger partial charge in [0.1, 0.15) is 0 Å². The summed E-state index contributed by atoms with van der Waals surface area (Å²) >= 11 is 0. The standard InChI is InChI=1S/C18H25N3O3/c1-4-24-15-12-21(14-8-6-5-7-9-14)20-16(15)17(23)19-13-18(2,3)10-11-22/h5-9,12,22H,4,10-11,13H2,1-3H3,(H,19,23). The van der Waals surface area contributed by atoms with E-state index >= 15 is 0 Å². The average Bonchev–Trinajstić information content (AvgIpc) is 2.98. The molecule has 24 heavy (non-hydrogen) atoms.